The van der Waals surface area contributed by atoms with Gasteiger partial charge in [0.25, 0.3) is 5.91 Å². The summed E-state index contributed by atoms with van der Waals surface area (Å²) in [6.45, 7) is 3.08. The average molecular weight is 429 g/mol. The fraction of sp³-hybridized carbons (Fsp3) is 0.435. The lowest BCUT2D eigenvalue weighted by atomic mass is 10.1. The van der Waals surface area contributed by atoms with E-state index in [1.54, 1.807) is 11.1 Å². The van der Waals surface area contributed by atoms with Gasteiger partial charge < -0.3 is 9.47 Å². The molecule has 0 radical (unpaired) electrons. The molecule has 0 spiro atoms. The van der Waals surface area contributed by atoms with Crippen molar-refractivity contribution in [2.24, 2.45) is 0 Å². The first-order valence-electron chi connectivity index (χ1n) is 10.6. The maximum absolute atomic E-state index is 13.6. The van der Waals surface area contributed by atoms with Gasteiger partial charge in [-0.2, -0.15) is 0 Å². The third-order valence-electron chi connectivity index (χ3n) is 5.78. The second kappa shape index (κ2) is 9.13. The number of rotatable bonds is 7. The lowest BCUT2D eigenvalue weighted by molar-refractivity contribution is 0.0734. The number of carbonyl (C=O) groups excluding carboxylic acids is 1. The predicted octanol–water partition coefficient (Wildman–Crippen LogP) is 5.78. The maximum Gasteiger partial charge on any atom is 0.254 e. The number of amides is 1. The molecular formula is C23H26ClFN4O. The molecule has 2 aromatic heterocycles. The number of imidazole rings is 1. The van der Waals surface area contributed by atoms with Crippen molar-refractivity contribution < 1.29 is 9.18 Å². The molecule has 158 valence electrons. The minimum atomic E-state index is -0.526. The Labute approximate surface area is 180 Å². The Morgan fingerprint density at radius 1 is 1.30 bits per heavy atom. The molecule has 0 aliphatic heterocycles. The number of nitrogens with zero attached hydrogens (tertiary/aromatic N) is 4. The zero-order valence-electron chi connectivity index (χ0n) is 17.2. The molecule has 0 unspecified atom stereocenters. The SMILES string of the molecule is CCCCN(Cc1nc2cccnc2n1C1CCCC1)C(=O)c1ccc(F)c(Cl)c1. The van der Waals surface area contributed by atoms with Crippen molar-refractivity contribution in [3.8, 4) is 0 Å². The third-order valence-corrected chi connectivity index (χ3v) is 6.07. The quantitative estimate of drug-likeness (QED) is 0.479. The smallest absolute Gasteiger partial charge is 0.254 e. The van der Waals surface area contributed by atoms with Gasteiger partial charge in [0.1, 0.15) is 17.2 Å². The van der Waals surface area contributed by atoms with Crippen molar-refractivity contribution in [2.45, 2.75) is 58.0 Å². The number of unbranched alkanes of at least 4 members (excludes halogenated alkanes) is 1. The van der Waals surface area contributed by atoms with E-state index in [0.29, 0.717) is 24.7 Å². The van der Waals surface area contributed by atoms with E-state index < -0.39 is 5.82 Å². The van der Waals surface area contributed by atoms with Crippen LogP contribution in [-0.4, -0.2) is 31.9 Å². The monoisotopic (exact) mass is 428 g/mol. The molecule has 5 nitrogen and oxygen atoms in total. The first-order chi connectivity index (χ1) is 14.6. The Bertz CT molecular complexity index is 1040. The highest BCUT2D eigenvalue weighted by atomic mass is 35.5. The van der Waals surface area contributed by atoms with Crippen molar-refractivity contribution in [3.63, 3.8) is 0 Å². The largest absolute Gasteiger partial charge is 0.331 e. The molecule has 1 aliphatic rings. The van der Waals surface area contributed by atoms with Gasteiger partial charge in [-0.1, -0.05) is 37.8 Å². The summed E-state index contributed by atoms with van der Waals surface area (Å²) in [7, 11) is 0. The van der Waals surface area contributed by atoms with E-state index in [-0.39, 0.29) is 10.9 Å². The third kappa shape index (κ3) is 4.19. The number of pyridine rings is 1. The normalized spacial score (nSPS) is 14.5. The van der Waals surface area contributed by atoms with Gasteiger partial charge in [-0.3, -0.25) is 4.79 Å². The molecule has 0 bridgehead atoms. The standard InChI is InChI=1S/C23H26ClFN4O/c1-2-3-13-28(23(30)16-10-11-19(25)18(24)14-16)15-21-27-20-9-6-12-26-22(20)29(21)17-7-4-5-8-17/h6,9-12,14,17H,2-5,7-8,13,15H2,1H3. The summed E-state index contributed by atoms with van der Waals surface area (Å²) in [4.78, 5) is 24.5. The zero-order valence-corrected chi connectivity index (χ0v) is 17.9. The summed E-state index contributed by atoms with van der Waals surface area (Å²) >= 11 is 5.92. The summed E-state index contributed by atoms with van der Waals surface area (Å²) in [5.41, 5.74) is 2.12. The second-order valence-electron chi connectivity index (χ2n) is 7.89. The minimum Gasteiger partial charge on any atom is -0.331 e. The Hall–Kier alpha value is -2.47. The molecule has 3 aromatic rings. The van der Waals surface area contributed by atoms with Gasteiger partial charge in [0.15, 0.2) is 5.65 Å². The number of hydrogen-bond donors (Lipinski definition) is 0. The predicted molar refractivity (Wildman–Crippen MR) is 116 cm³/mol. The highest BCUT2D eigenvalue weighted by Crippen LogP contribution is 2.33. The molecule has 4 rings (SSSR count). The van der Waals surface area contributed by atoms with Crippen LogP contribution < -0.4 is 0 Å². The van der Waals surface area contributed by atoms with Gasteiger partial charge >= 0.3 is 0 Å². The molecular weight excluding hydrogens is 403 g/mol. The summed E-state index contributed by atoms with van der Waals surface area (Å²) in [5.74, 6) is 0.166. The van der Waals surface area contributed by atoms with Gasteiger partial charge in [-0.15, -0.1) is 0 Å². The Morgan fingerprint density at radius 2 is 2.10 bits per heavy atom. The first kappa shape index (κ1) is 20.8. The average Bonchev–Trinajstić information content (AvgIpc) is 3.39. The molecule has 1 aromatic carbocycles. The molecule has 7 heteroatoms. The van der Waals surface area contributed by atoms with Crippen LogP contribution in [-0.2, 0) is 6.54 Å². The van der Waals surface area contributed by atoms with Crippen molar-refractivity contribution in [2.75, 3.05) is 6.54 Å². The van der Waals surface area contributed by atoms with Crippen LogP contribution in [0.2, 0.25) is 5.02 Å². The molecule has 1 amide bonds. The number of halogens is 2. The molecule has 1 aliphatic carbocycles. The molecule has 2 heterocycles. The van der Waals surface area contributed by atoms with E-state index in [1.807, 2.05) is 12.1 Å². The summed E-state index contributed by atoms with van der Waals surface area (Å²) in [5, 5.41) is -0.0429. The van der Waals surface area contributed by atoms with Crippen molar-refractivity contribution in [1.29, 1.82) is 0 Å². The van der Waals surface area contributed by atoms with E-state index in [9.17, 15) is 9.18 Å². The highest BCUT2D eigenvalue weighted by molar-refractivity contribution is 6.31. The van der Waals surface area contributed by atoms with E-state index >= 15 is 0 Å². The second-order valence-corrected chi connectivity index (χ2v) is 8.30. The van der Waals surface area contributed by atoms with E-state index in [0.717, 1.165) is 42.7 Å². The van der Waals surface area contributed by atoms with Crippen LogP contribution in [0.15, 0.2) is 36.5 Å². The van der Waals surface area contributed by atoms with E-state index in [2.05, 4.69) is 16.5 Å². The highest BCUT2D eigenvalue weighted by Gasteiger charge is 2.26. The number of carbonyl (C=O) groups is 1. The fourth-order valence-corrected chi connectivity index (χ4v) is 4.40. The van der Waals surface area contributed by atoms with Gasteiger partial charge in [0, 0.05) is 24.3 Å². The molecule has 30 heavy (non-hydrogen) atoms. The van der Waals surface area contributed by atoms with Crippen molar-refractivity contribution >= 4 is 28.7 Å². The molecule has 1 saturated carbocycles. The van der Waals surface area contributed by atoms with Gasteiger partial charge in [-0.25, -0.2) is 14.4 Å². The lowest BCUT2D eigenvalue weighted by Gasteiger charge is -2.24. The Balaban J connectivity index is 1.69. The van der Waals surface area contributed by atoms with E-state index in [1.165, 1.54) is 31.0 Å². The molecule has 0 N–H and O–H groups in total. The Kier molecular flexibility index (Phi) is 6.32. The summed E-state index contributed by atoms with van der Waals surface area (Å²) in [6.07, 6.45) is 8.24. The van der Waals surface area contributed by atoms with Gasteiger partial charge in [0.05, 0.1) is 11.6 Å². The number of fused-ring (bicyclic) bond motifs is 1. The fourth-order valence-electron chi connectivity index (χ4n) is 4.22. The summed E-state index contributed by atoms with van der Waals surface area (Å²) in [6, 6.07) is 8.35. The van der Waals surface area contributed by atoms with Crippen LogP contribution in [0.25, 0.3) is 11.2 Å². The summed E-state index contributed by atoms with van der Waals surface area (Å²) < 4.78 is 15.8. The van der Waals surface area contributed by atoms with Crippen LogP contribution in [0.4, 0.5) is 4.39 Å². The molecule has 1 fully saturated rings. The van der Waals surface area contributed by atoms with Gasteiger partial charge in [-0.05, 0) is 49.6 Å². The zero-order chi connectivity index (χ0) is 21.1. The van der Waals surface area contributed by atoms with E-state index in [4.69, 9.17) is 16.6 Å². The van der Waals surface area contributed by atoms with Crippen LogP contribution in [0, 0.1) is 5.82 Å². The Morgan fingerprint density at radius 3 is 2.83 bits per heavy atom. The molecule has 0 saturated heterocycles. The lowest BCUT2D eigenvalue weighted by Crippen LogP contribution is -2.33. The van der Waals surface area contributed by atoms with Crippen molar-refractivity contribution in [3.05, 3.63) is 58.8 Å². The topological polar surface area (TPSA) is 51.0 Å². The number of hydrogen-bond acceptors (Lipinski definition) is 3. The number of aromatic nitrogens is 3. The molecule has 0 atom stereocenters. The number of benzene rings is 1. The van der Waals surface area contributed by atoms with Crippen LogP contribution >= 0.6 is 11.6 Å². The minimum absolute atomic E-state index is 0.0429. The van der Waals surface area contributed by atoms with Gasteiger partial charge in [0.2, 0.25) is 0 Å². The van der Waals surface area contributed by atoms with Crippen LogP contribution in [0.1, 0.15) is 67.7 Å². The van der Waals surface area contributed by atoms with Crippen LogP contribution in [0.3, 0.4) is 0 Å². The van der Waals surface area contributed by atoms with Crippen LogP contribution in [0.5, 0.6) is 0 Å². The maximum atomic E-state index is 13.6. The van der Waals surface area contributed by atoms with Crippen molar-refractivity contribution in [1.82, 2.24) is 19.4 Å². The first-order valence-corrected chi connectivity index (χ1v) is 11.0.